The third-order valence-corrected chi connectivity index (χ3v) is 7.77. The summed E-state index contributed by atoms with van der Waals surface area (Å²) in [6.07, 6.45) is 28.4. The van der Waals surface area contributed by atoms with Gasteiger partial charge in [-0.05, 0) is 32.1 Å². The molecular formula is C30H62NO7P. The Bertz CT molecular complexity index is 580. The molecule has 0 amide bonds. The number of unbranched alkanes of at least 4 members (excludes halogenated alkanes) is 16. The number of ether oxygens (including phenoxy) is 2. The van der Waals surface area contributed by atoms with Crippen molar-refractivity contribution in [1.29, 1.82) is 0 Å². The van der Waals surface area contributed by atoms with Crippen molar-refractivity contribution < 1.29 is 33.1 Å². The zero-order chi connectivity index (χ0) is 28.9. The minimum Gasteiger partial charge on any atom is -0.388 e. The Morgan fingerprint density at radius 3 is 1.77 bits per heavy atom. The molecule has 0 aromatic carbocycles. The Morgan fingerprint density at radius 2 is 1.26 bits per heavy atom. The number of aliphatic hydroxyl groups excluding tert-OH is 1. The zero-order valence-electron chi connectivity index (χ0n) is 25.2. The van der Waals surface area contributed by atoms with Gasteiger partial charge in [0, 0.05) is 13.7 Å². The lowest BCUT2D eigenvalue weighted by atomic mass is 10.0. The summed E-state index contributed by atoms with van der Waals surface area (Å²) in [5.41, 5.74) is 5.22. The molecule has 9 heteroatoms. The molecule has 0 fully saturated rings. The van der Waals surface area contributed by atoms with Crippen molar-refractivity contribution in [3.05, 3.63) is 12.2 Å². The maximum atomic E-state index is 11.5. The van der Waals surface area contributed by atoms with E-state index < -0.39 is 13.9 Å². The van der Waals surface area contributed by atoms with Crippen LogP contribution in [0.5, 0.6) is 0 Å². The van der Waals surface area contributed by atoms with Crippen LogP contribution in [0.3, 0.4) is 0 Å². The summed E-state index contributed by atoms with van der Waals surface area (Å²) in [5, 5.41) is 9.87. The fourth-order valence-electron chi connectivity index (χ4n) is 4.37. The minimum absolute atomic E-state index is 0.00660. The van der Waals surface area contributed by atoms with Crippen LogP contribution in [-0.4, -0.2) is 62.3 Å². The Labute approximate surface area is 240 Å². The van der Waals surface area contributed by atoms with Gasteiger partial charge in [0.05, 0.1) is 32.5 Å². The largest absolute Gasteiger partial charge is 0.472 e. The van der Waals surface area contributed by atoms with E-state index in [9.17, 15) is 14.6 Å². The van der Waals surface area contributed by atoms with E-state index in [-0.39, 0.29) is 32.5 Å². The van der Waals surface area contributed by atoms with E-state index in [1.165, 1.54) is 109 Å². The SMILES string of the molecule is CCCCCC/C=C\CCCCCCCCCCCCCCC(COC[C@@H](O)COP(=O)(O)OCCN)OC. The van der Waals surface area contributed by atoms with E-state index in [0.29, 0.717) is 6.61 Å². The molecule has 0 spiro atoms. The molecule has 8 nitrogen and oxygen atoms in total. The fraction of sp³-hybridized carbons (Fsp3) is 0.933. The molecule has 0 aliphatic carbocycles. The second-order valence-electron chi connectivity index (χ2n) is 10.6. The van der Waals surface area contributed by atoms with Crippen LogP contribution < -0.4 is 5.73 Å². The molecule has 0 bridgehead atoms. The standard InChI is InChI=1S/C30H62NO7P/c1-3-4-5-6-7-8-9-10-11-12-13-14-15-16-17-18-19-20-21-22-23-30(35-2)28-36-26-29(32)27-38-39(33,34)37-25-24-31/h8-9,29-30,32H,3-7,10-28,31H2,1-2H3,(H,33,34)/b9-8-/t29-,30?/m1/s1. The Morgan fingerprint density at radius 1 is 0.744 bits per heavy atom. The van der Waals surface area contributed by atoms with Gasteiger partial charge in [-0.1, -0.05) is 109 Å². The van der Waals surface area contributed by atoms with Crippen molar-refractivity contribution in [2.45, 2.75) is 141 Å². The van der Waals surface area contributed by atoms with Crippen LogP contribution >= 0.6 is 7.82 Å². The van der Waals surface area contributed by atoms with E-state index >= 15 is 0 Å². The first-order chi connectivity index (χ1) is 18.9. The van der Waals surface area contributed by atoms with Crippen LogP contribution in [0.25, 0.3) is 0 Å². The Hall–Kier alpha value is -0.310. The van der Waals surface area contributed by atoms with Crippen molar-refractivity contribution in [2.75, 3.05) is 40.1 Å². The van der Waals surface area contributed by atoms with Crippen LogP contribution in [-0.2, 0) is 23.1 Å². The smallest absolute Gasteiger partial charge is 0.388 e. The highest BCUT2D eigenvalue weighted by Crippen LogP contribution is 2.42. The molecule has 3 atom stereocenters. The lowest BCUT2D eigenvalue weighted by Crippen LogP contribution is -2.26. The first kappa shape index (κ1) is 38.7. The van der Waals surface area contributed by atoms with Crippen LogP contribution in [0.2, 0.25) is 0 Å². The van der Waals surface area contributed by atoms with Crippen molar-refractivity contribution in [3.63, 3.8) is 0 Å². The average Bonchev–Trinajstić information content (AvgIpc) is 2.93. The molecule has 0 saturated carbocycles. The first-order valence-corrected chi connectivity index (χ1v) is 17.2. The lowest BCUT2D eigenvalue weighted by Gasteiger charge is -2.18. The highest BCUT2D eigenvalue weighted by molar-refractivity contribution is 7.47. The predicted molar refractivity (Wildman–Crippen MR) is 161 cm³/mol. The number of allylic oxidation sites excluding steroid dienone is 2. The summed E-state index contributed by atoms with van der Waals surface area (Å²) in [6.45, 7) is 2.29. The number of hydrogen-bond donors (Lipinski definition) is 3. The van der Waals surface area contributed by atoms with Gasteiger partial charge in [0.25, 0.3) is 0 Å². The molecule has 0 aliphatic heterocycles. The van der Waals surface area contributed by atoms with E-state index in [2.05, 4.69) is 23.6 Å². The molecule has 0 rings (SSSR count). The van der Waals surface area contributed by atoms with E-state index in [4.69, 9.17) is 19.7 Å². The monoisotopic (exact) mass is 579 g/mol. The van der Waals surface area contributed by atoms with Gasteiger partial charge in [-0.25, -0.2) is 4.57 Å². The number of rotatable bonds is 31. The van der Waals surface area contributed by atoms with Crippen LogP contribution in [0.15, 0.2) is 12.2 Å². The summed E-state index contributed by atoms with van der Waals surface area (Å²) < 4.78 is 31.8. The third-order valence-electron chi connectivity index (χ3n) is 6.79. The van der Waals surface area contributed by atoms with Gasteiger partial charge < -0.3 is 25.2 Å². The fourth-order valence-corrected chi connectivity index (χ4v) is 5.14. The summed E-state index contributed by atoms with van der Waals surface area (Å²) in [5.74, 6) is 0. The molecule has 4 N–H and O–H groups in total. The molecule has 0 aromatic heterocycles. The summed E-state index contributed by atoms with van der Waals surface area (Å²) in [7, 11) is -2.52. The molecule has 0 saturated heterocycles. The highest BCUT2D eigenvalue weighted by atomic mass is 31.2. The normalized spacial score (nSPS) is 15.1. The third kappa shape index (κ3) is 29.0. The lowest BCUT2D eigenvalue weighted by molar-refractivity contribution is -0.0386. The minimum atomic E-state index is -4.19. The topological polar surface area (TPSA) is 120 Å². The molecule has 0 aliphatic rings. The summed E-state index contributed by atoms with van der Waals surface area (Å²) >= 11 is 0. The van der Waals surface area contributed by atoms with Gasteiger partial charge in [0.2, 0.25) is 0 Å². The van der Waals surface area contributed by atoms with Gasteiger partial charge in [-0.2, -0.15) is 0 Å². The number of phosphoric ester groups is 1. The van der Waals surface area contributed by atoms with Gasteiger partial charge in [0.1, 0.15) is 6.10 Å². The van der Waals surface area contributed by atoms with E-state index in [1.807, 2.05) is 0 Å². The maximum Gasteiger partial charge on any atom is 0.472 e. The quantitative estimate of drug-likeness (QED) is 0.0440. The number of aliphatic hydroxyl groups is 1. The van der Waals surface area contributed by atoms with Crippen molar-refractivity contribution in [1.82, 2.24) is 0 Å². The van der Waals surface area contributed by atoms with E-state index in [0.717, 1.165) is 12.8 Å². The molecule has 234 valence electrons. The number of nitrogens with two attached hydrogens (primary N) is 1. The van der Waals surface area contributed by atoms with Gasteiger partial charge >= 0.3 is 7.82 Å². The first-order valence-electron chi connectivity index (χ1n) is 15.7. The molecule has 0 heterocycles. The Kier molecular flexibility index (Phi) is 29.0. The second-order valence-corrected chi connectivity index (χ2v) is 12.0. The molecular weight excluding hydrogens is 517 g/mol. The second kappa shape index (κ2) is 29.2. The summed E-state index contributed by atoms with van der Waals surface area (Å²) in [4.78, 5) is 9.42. The number of methoxy groups -OCH3 is 1. The molecule has 39 heavy (non-hydrogen) atoms. The van der Waals surface area contributed by atoms with Crippen LogP contribution in [0.4, 0.5) is 0 Å². The van der Waals surface area contributed by atoms with Gasteiger partial charge in [-0.3, -0.25) is 9.05 Å². The van der Waals surface area contributed by atoms with Crippen LogP contribution in [0, 0.1) is 0 Å². The molecule has 0 aromatic rings. The molecule has 0 radical (unpaired) electrons. The van der Waals surface area contributed by atoms with Gasteiger partial charge in [-0.15, -0.1) is 0 Å². The predicted octanol–water partition coefficient (Wildman–Crippen LogP) is 7.46. The Balaban J connectivity index is 3.47. The number of phosphoric acid groups is 1. The van der Waals surface area contributed by atoms with E-state index in [1.54, 1.807) is 7.11 Å². The van der Waals surface area contributed by atoms with Crippen molar-refractivity contribution in [2.24, 2.45) is 5.73 Å². The average molecular weight is 580 g/mol. The summed E-state index contributed by atoms with van der Waals surface area (Å²) in [6, 6.07) is 0. The zero-order valence-corrected chi connectivity index (χ0v) is 26.1. The highest BCUT2D eigenvalue weighted by Gasteiger charge is 2.22. The maximum absolute atomic E-state index is 11.5. The van der Waals surface area contributed by atoms with Crippen molar-refractivity contribution >= 4 is 7.82 Å². The van der Waals surface area contributed by atoms with Crippen LogP contribution in [0.1, 0.15) is 129 Å². The van der Waals surface area contributed by atoms with Gasteiger partial charge in [0.15, 0.2) is 0 Å². The molecule has 2 unspecified atom stereocenters. The van der Waals surface area contributed by atoms with Crippen molar-refractivity contribution in [3.8, 4) is 0 Å². The number of hydrogen-bond acceptors (Lipinski definition) is 7.